The molecule has 7 heteroatoms. The highest BCUT2D eigenvalue weighted by atomic mass is 35.5. The van der Waals surface area contributed by atoms with Crippen molar-refractivity contribution in [1.29, 1.82) is 0 Å². The van der Waals surface area contributed by atoms with Crippen molar-refractivity contribution in [1.82, 2.24) is 10.6 Å². The van der Waals surface area contributed by atoms with Crippen LogP contribution in [0.15, 0.2) is 12.1 Å². The fourth-order valence-corrected chi connectivity index (χ4v) is 1.83. The average molecular weight is 321 g/mol. The second-order valence-electron chi connectivity index (χ2n) is 4.45. The first kappa shape index (κ1) is 16.7. The van der Waals surface area contributed by atoms with Gasteiger partial charge in [0.25, 0.3) is 5.91 Å². The summed E-state index contributed by atoms with van der Waals surface area (Å²) in [5.74, 6) is -1.46. The highest BCUT2D eigenvalue weighted by molar-refractivity contribution is 6.36. The molecule has 0 aliphatic rings. The molecule has 0 unspecified atom stereocenters. The predicted octanol–water partition coefficient (Wildman–Crippen LogP) is 2.63. The van der Waals surface area contributed by atoms with Crippen molar-refractivity contribution >= 4 is 35.0 Å². The third-order valence-corrected chi connectivity index (χ3v) is 3.09. The topological polar surface area (TPSA) is 58.2 Å². The van der Waals surface area contributed by atoms with Crippen molar-refractivity contribution < 1.29 is 14.0 Å². The number of carbonyl (C=O) groups excluding carboxylic acids is 2. The molecule has 20 heavy (non-hydrogen) atoms. The van der Waals surface area contributed by atoms with Gasteiger partial charge in [-0.3, -0.25) is 9.59 Å². The lowest BCUT2D eigenvalue weighted by Crippen LogP contribution is -2.36. The van der Waals surface area contributed by atoms with Gasteiger partial charge in [0.2, 0.25) is 5.91 Å². The van der Waals surface area contributed by atoms with Crippen molar-refractivity contribution in [3.05, 3.63) is 33.6 Å². The van der Waals surface area contributed by atoms with E-state index in [0.717, 1.165) is 6.07 Å². The summed E-state index contributed by atoms with van der Waals surface area (Å²) in [6, 6.07) is 2.15. The Bertz CT molecular complexity index is 521. The zero-order valence-corrected chi connectivity index (χ0v) is 12.6. The molecule has 1 aromatic carbocycles. The minimum absolute atomic E-state index is 0.00347. The number of amides is 2. The molecule has 2 amide bonds. The Morgan fingerprint density at radius 2 is 1.75 bits per heavy atom. The van der Waals surface area contributed by atoms with Gasteiger partial charge >= 0.3 is 0 Å². The molecule has 0 saturated heterocycles. The van der Waals surface area contributed by atoms with Crippen LogP contribution in [0.25, 0.3) is 0 Å². The number of rotatable bonds is 5. The van der Waals surface area contributed by atoms with Gasteiger partial charge in [-0.25, -0.2) is 4.39 Å². The number of hydrogen-bond acceptors (Lipinski definition) is 2. The van der Waals surface area contributed by atoms with E-state index in [0.29, 0.717) is 0 Å². The molecular weight excluding hydrogens is 306 g/mol. The van der Waals surface area contributed by atoms with E-state index in [-0.39, 0.29) is 40.5 Å². The first-order valence-electron chi connectivity index (χ1n) is 6.03. The van der Waals surface area contributed by atoms with Gasteiger partial charge in [-0.15, -0.1) is 0 Å². The zero-order chi connectivity index (χ0) is 15.3. The zero-order valence-electron chi connectivity index (χ0n) is 11.1. The molecule has 0 bridgehead atoms. The fourth-order valence-electron chi connectivity index (χ4n) is 1.36. The van der Waals surface area contributed by atoms with Gasteiger partial charge in [0.05, 0.1) is 15.6 Å². The van der Waals surface area contributed by atoms with Gasteiger partial charge in [0, 0.05) is 19.0 Å². The van der Waals surface area contributed by atoms with Crippen LogP contribution in [-0.4, -0.2) is 24.9 Å². The molecule has 0 atom stereocenters. The lowest BCUT2D eigenvalue weighted by molar-refractivity contribution is -0.123. The Balaban J connectivity index is 2.52. The van der Waals surface area contributed by atoms with E-state index in [9.17, 15) is 14.0 Å². The third kappa shape index (κ3) is 4.65. The molecule has 0 radical (unpaired) electrons. The first-order chi connectivity index (χ1) is 9.32. The minimum Gasteiger partial charge on any atom is -0.354 e. The number of benzene rings is 1. The van der Waals surface area contributed by atoms with E-state index < -0.39 is 11.7 Å². The molecular formula is C13H15Cl2FN2O2. The maximum atomic E-state index is 13.3. The molecule has 0 aliphatic carbocycles. The summed E-state index contributed by atoms with van der Waals surface area (Å²) in [4.78, 5) is 23.1. The molecule has 0 saturated carbocycles. The average Bonchev–Trinajstić information content (AvgIpc) is 2.38. The molecule has 0 fully saturated rings. The van der Waals surface area contributed by atoms with Gasteiger partial charge in [0.1, 0.15) is 5.82 Å². The third-order valence-electron chi connectivity index (χ3n) is 2.49. The lowest BCUT2D eigenvalue weighted by atomic mass is 10.2. The summed E-state index contributed by atoms with van der Waals surface area (Å²) in [6.07, 6.45) is 0. The maximum Gasteiger partial charge on any atom is 0.252 e. The first-order valence-corrected chi connectivity index (χ1v) is 6.79. The van der Waals surface area contributed by atoms with Crippen molar-refractivity contribution in [3.8, 4) is 0 Å². The number of hydrogen-bond donors (Lipinski definition) is 2. The van der Waals surface area contributed by atoms with E-state index >= 15 is 0 Å². The maximum absolute atomic E-state index is 13.3. The Morgan fingerprint density at radius 3 is 2.35 bits per heavy atom. The van der Waals surface area contributed by atoms with Gasteiger partial charge in [-0.1, -0.05) is 37.0 Å². The van der Waals surface area contributed by atoms with Crippen molar-refractivity contribution in [2.45, 2.75) is 13.8 Å². The van der Waals surface area contributed by atoms with Gasteiger partial charge < -0.3 is 10.6 Å². The van der Waals surface area contributed by atoms with E-state index in [4.69, 9.17) is 23.2 Å². The van der Waals surface area contributed by atoms with E-state index in [1.54, 1.807) is 13.8 Å². The van der Waals surface area contributed by atoms with Crippen LogP contribution < -0.4 is 10.6 Å². The molecule has 1 aromatic rings. The monoisotopic (exact) mass is 320 g/mol. The lowest BCUT2D eigenvalue weighted by Gasteiger charge is -2.10. The Kier molecular flexibility index (Phi) is 6.23. The van der Waals surface area contributed by atoms with Crippen LogP contribution >= 0.6 is 23.2 Å². The van der Waals surface area contributed by atoms with Crippen LogP contribution in [0.1, 0.15) is 24.2 Å². The standard InChI is InChI=1S/C13H15Cl2FN2O2/c1-7(2)12(19)17-3-4-18-13(20)8-5-11(16)10(15)6-9(8)14/h5-7H,3-4H2,1-2H3,(H,17,19)(H,18,20). The van der Waals surface area contributed by atoms with Crippen LogP contribution in [-0.2, 0) is 4.79 Å². The van der Waals surface area contributed by atoms with E-state index in [1.165, 1.54) is 6.07 Å². The normalized spacial score (nSPS) is 10.5. The molecule has 0 spiro atoms. The molecule has 0 aliphatic heterocycles. The fraction of sp³-hybridized carbons (Fsp3) is 0.385. The molecule has 2 N–H and O–H groups in total. The Morgan fingerprint density at radius 1 is 1.15 bits per heavy atom. The predicted molar refractivity (Wildman–Crippen MR) is 76.6 cm³/mol. The number of carbonyl (C=O) groups is 2. The van der Waals surface area contributed by atoms with Gasteiger partial charge in [-0.05, 0) is 12.1 Å². The Hall–Kier alpha value is -1.33. The van der Waals surface area contributed by atoms with Gasteiger partial charge in [-0.2, -0.15) is 0 Å². The molecule has 1 rings (SSSR count). The van der Waals surface area contributed by atoms with Crippen LogP contribution in [0.4, 0.5) is 4.39 Å². The SMILES string of the molecule is CC(C)C(=O)NCCNC(=O)c1cc(F)c(Cl)cc1Cl. The summed E-state index contributed by atoms with van der Waals surface area (Å²) < 4.78 is 13.3. The number of halogens is 3. The second kappa shape index (κ2) is 7.45. The summed E-state index contributed by atoms with van der Waals surface area (Å²) in [5.41, 5.74) is 0.00347. The minimum atomic E-state index is -0.714. The van der Waals surface area contributed by atoms with Crippen LogP contribution in [0.2, 0.25) is 10.0 Å². The van der Waals surface area contributed by atoms with Crippen LogP contribution in [0.5, 0.6) is 0 Å². The number of nitrogens with one attached hydrogen (secondary N) is 2. The second-order valence-corrected chi connectivity index (χ2v) is 5.26. The van der Waals surface area contributed by atoms with Gasteiger partial charge in [0.15, 0.2) is 0 Å². The highest BCUT2D eigenvalue weighted by Crippen LogP contribution is 2.24. The van der Waals surface area contributed by atoms with E-state index in [2.05, 4.69) is 10.6 Å². The largest absolute Gasteiger partial charge is 0.354 e. The van der Waals surface area contributed by atoms with Crippen molar-refractivity contribution in [2.75, 3.05) is 13.1 Å². The summed E-state index contributed by atoms with van der Waals surface area (Å²) in [5, 5.41) is 5.10. The quantitative estimate of drug-likeness (QED) is 0.647. The highest BCUT2D eigenvalue weighted by Gasteiger charge is 2.14. The smallest absolute Gasteiger partial charge is 0.252 e. The molecule has 110 valence electrons. The van der Waals surface area contributed by atoms with Crippen molar-refractivity contribution in [3.63, 3.8) is 0 Å². The van der Waals surface area contributed by atoms with Crippen LogP contribution in [0.3, 0.4) is 0 Å². The molecule has 4 nitrogen and oxygen atoms in total. The summed E-state index contributed by atoms with van der Waals surface area (Å²) in [6.45, 7) is 4.04. The molecule has 0 heterocycles. The summed E-state index contributed by atoms with van der Waals surface area (Å²) in [7, 11) is 0. The summed E-state index contributed by atoms with van der Waals surface area (Å²) >= 11 is 11.4. The van der Waals surface area contributed by atoms with E-state index in [1.807, 2.05) is 0 Å². The van der Waals surface area contributed by atoms with Crippen molar-refractivity contribution in [2.24, 2.45) is 5.92 Å². The Labute approximate surface area is 126 Å². The van der Waals surface area contributed by atoms with Crippen LogP contribution in [0, 0.1) is 11.7 Å². The molecule has 0 aromatic heterocycles.